The molecule has 5 heteroatoms. The van der Waals surface area contributed by atoms with E-state index in [9.17, 15) is 9.59 Å². The highest BCUT2D eigenvalue weighted by Gasteiger charge is 2.34. The molecule has 96 valence electrons. The third-order valence-electron chi connectivity index (χ3n) is 3.29. The molecule has 0 spiro atoms. The van der Waals surface area contributed by atoms with Gasteiger partial charge in [0.05, 0.1) is 22.3 Å². The van der Waals surface area contributed by atoms with Crippen molar-refractivity contribution in [1.29, 1.82) is 0 Å². The molecule has 0 saturated heterocycles. The van der Waals surface area contributed by atoms with Gasteiger partial charge in [-0.15, -0.1) is 11.3 Å². The van der Waals surface area contributed by atoms with E-state index in [0.717, 1.165) is 10.6 Å². The minimum Gasteiger partial charge on any atom is -0.274 e. The van der Waals surface area contributed by atoms with Crippen molar-refractivity contribution in [1.82, 2.24) is 9.88 Å². The topological polar surface area (TPSA) is 50.3 Å². The summed E-state index contributed by atoms with van der Waals surface area (Å²) in [6.45, 7) is 2.38. The van der Waals surface area contributed by atoms with Crippen LogP contribution in [0.25, 0.3) is 0 Å². The molecule has 1 aromatic carbocycles. The summed E-state index contributed by atoms with van der Waals surface area (Å²) in [5.74, 6) is -0.401. The van der Waals surface area contributed by atoms with Crippen molar-refractivity contribution in [2.75, 3.05) is 6.54 Å². The van der Waals surface area contributed by atoms with Gasteiger partial charge in [0, 0.05) is 17.8 Å². The molecule has 0 fully saturated rings. The molecule has 0 unspecified atom stereocenters. The Morgan fingerprint density at radius 2 is 1.79 bits per heavy atom. The summed E-state index contributed by atoms with van der Waals surface area (Å²) >= 11 is 1.58. The first-order valence-electron chi connectivity index (χ1n) is 6.02. The highest BCUT2D eigenvalue weighted by Crippen LogP contribution is 2.23. The summed E-state index contributed by atoms with van der Waals surface area (Å²) in [7, 11) is 0. The number of carbonyl (C=O) groups is 2. The van der Waals surface area contributed by atoms with E-state index < -0.39 is 0 Å². The first-order valence-corrected chi connectivity index (χ1v) is 6.90. The van der Waals surface area contributed by atoms with Gasteiger partial charge in [0.2, 0.25) is 0 Å². The summed E-state index contributed by atoms with van der Waals surface area (Å²) in [5.41, 5.74) is 3.75. The van der Waals surface area contributed by atoms with Gasteiger partial charge in [-0.05, 0) is 19.1 Å². The van der Waals surface area contributed by atoms with Gasteiger partial charge in [-0.2, -0.15) is 0 Å². The van der Waals surface area contributed by atoms with Crippen LogP contribution in [0, 0.1) is 6.92 Å². The number of rotatable bonds is 3. The number of hydrogen-bond donors (Lipinski definition) is 0. The molecule has 0 N–H and O–H groups in total. The number of fused-ring (bicyclic) bond motifs is 1. The van der Waals surface area contributed by atoms with Crippen molar-refractivity contribution < 1.29 is 9.59 Å². The molecule has 0 radical (unpaired) electrons. The highest BCUT2D eigenvalue weighted by atomic mass is 32.1. The maximum atomic E-state index is 12.1. The van der Waals surface area contributed by atoms with Gasteiger partial charge < -0.3 is 0 Å². The molecule has 0 aliphatic carbocycles. The van der Waals surface area contributed by atoms with Crippen LogP contribution in [0.5, 0.6) is 0 Å². The molecule has 1 aromatic heterocycles. The van der Waals surface area contributed by atoms with Gasteiger partial charge in [0.25, 0.3) is 11.8 Å². The van der Waals surface area contributed by atoms with Crippen LogP contribution in [0.1, 0.15) is 31.3 Å². The van der Waals surface area contributed by atoms with E-state index in [-0.39, 0.29) is 11.8 Å². The zero-order chi connectivity index (χ0) is 13.4. The van der Waals surface area contributed by atoms with Crippen LogP contribution in [0.2, 0.25) is 0 Å². The van der Waals surface area contributed by atoms with Gasteiger partial charge in [-0.25, -0.2) is 4.98 Å². The van der Waals surface area contributed by atoms with Crippen LogP contribution in [0.4, 0.5) is 0 Å². The van der Waals surface area contributed by atoms with Crippen LogP contribution >= 0.6 is 11.3 Å². The van der Waals surface area contributed by atoms with E-state index in [1.165, 1.54) is 4.90 Å². The predicted molar refractivity (Wildman–Crippen MR) is 72.4 cm³/mol. The largest absolute Gasteiger partial charge is 0.274 e. The van der Waals surface area contributed by atoms with E-state index in [0.29, 0.717) is 24.1 Å². The standard InChI is InChI=1S/C14H12N2O2S/c1-9-12(15-8-19-9)6-7-16-13(17)10-4-2-3-5-11(10)14(16)18/h2-5,8H,6-7H2,1H3. The Morgan fingerprint density at radius 1 is 1.16 bits per heavy atom. The quantitative estimate of drug-likeness (QED) is 0.805. The fraction of sp³-hybridized carbons (Fsp3) is 0.214. The number of benzene rings is 1. The Kier molecular flexibility index (Phi) is 2.91. The molecule has 0 atom stereocenters. The lowest BCUT2D eigenvalue weighted by atomic mass is 10.1. The molecular formula is C14H12N2O2S. The lowest BCUT2D eigenvalue weighted by Gasteiger charge is -2.12. The number of aromatic nitrogens is 1. The van der Waals surface area contributed by atoms with Gasteiger partial charge in [0.1, 0.15) is 0 Å². The van der Waals surface area contributed by atoms with Crippen LogP contribution in [-0.4, -0.2) is 28.2 Å². The highest BCUT2D eigenvalue weighted by molar-refractivity contribution is 7.09. The number of aryl methyl sites for hydroxylation is 1. The van der Waals surface area contributed by atoms with Gasteiger partial charge in [-0.3, -0.25) is 14.5 Å². The van der Waals surface area contributed by atoms with Crippen molar-refractivity contribution in [3.8, 4) is 0 Å². The summed E-state index contributed by atoms with van der Waals surface area (Å²) in [6, 6.07) is 6.95. The van der Waals surface area contributed by atoms with Crippen molar-refractivity contribution in [3.63, 3.8) is 0 Å². The molecule has 1 aliphatic heterocycles. The minimum absolute atomic E-state index is 0.200. The second-order valence-corrected chi connectivity index (χ2v) is 5.47. The van der Waals surface area contributed by atoms with Gasteiger partial charge >= 0.3 is 0 Å². The SMILES string of the molecule is Cc1scnc1CCN1C(=O)c2ccccc2C1=O. The maximum Gasteiger partial charge on any atom is 0.261 e. The van der Waals surface area contributed by atoms with Gasteiger partial charge in [0.15, 0.2) is 0 Å². The summed E-state index contributed by atoms with van der Waals surface area (Å²) < 4.78 is 0. The second-order valence-electron chi connectivity index (χ2n) is 4.41. The fourth-order valence-electron chi connectivity index (χ4n) is 2.23. The zero-order valence-electron chi connectivity index (χ0n) is 10.4. The Balaban J connectivity index is 1.79. The monoisotopic (exact) mass is 272 g/mol. The van der Waals surface area contributed by atoms with Crippen LogP contribution < -0.4 is 0 Å². The first kappa shape index (κ1) is 12.0. The summed E-state index contributed by atoms with van der Waals surface area (Å²) in [5, 5.41) is 0. The fourth-order valence-corrected chi connectivity index (χ4v) is 2.86. The maximum absolute atomic E-state index is 12.1. The van der Waals surface area contributed by atoms with Crippen LogP contribution in [-0.2, 0) is 6.42 Å². The summed E-state index contributed by atoms with van der Waals surface area (Å²) in [6.07, 6.45) is 0.612. The number of imide groups is 1. The van der Waals surface area contributed by atoms with Gasteiger partial charge in [-0.1, -0.05) is 12.1 Å². The van der Waals surface area contributed by atoms with E-state index in [2.05, 4.69) is 4.98 Å². The molecule has 19 heavy (non-hydrogen) atoms. The third kappa shape index (κ3) is 1.96. The smallest absolute Gasteiger partial charge is 0.261 e. The number of hydrogen-bond acceptors (Lipinski definition) is 4. The second kappa shape index (κ2) is 4.59. The Morgan fingerprint density at radius 3 is 2.32 bits per heavy atom. The Hall–Kier alpha value is -2.01. The lowest BCUT2D eigenvalue weighted by molar-refractivity contribution is 0.0656. The molecular weight excluding hydrogens is 260 g/mol. The molecule has 0 saturated carbocycles. The first-order chi connectivity index (χ1) is 9.18. The Bertz CT molecular complexity index is 628. The number of nitrogens with zero attached hydrogens (tertiary/aromatic N) is 2. The number of carbonyl (C=O) groups excluding carboxylic acids is 2. The van der Waals surface area contributed by atoms with Crippen molar-refractivity contribution in [2.45, 2.75) is 13.3 Å². The van der Waals surface area contributed by atoms with E-state index in [1.807, 2.05) is 6.92 Å². The van der Waals surface area contributed by atoms with Crippen molar-refractivity contribution in [2.24, 2.45) is 0 Å². The molecule has 0 bridgehead atoms. The Labute approximate surface area is 114 Å². The molecule has 1 aliphatic rings. The predicted octanol–water partition coefficient (Wildman–Crippen LogP) is 2.29. The van der Waals surface area contributed by atoms with Crippen molar-refractivity contribution >= 4 is 23.2 Å². The van der Waals surface area contributed by atoms with Crippen LogP contribution in [0.15, 0.2) is 29.8 Å². The van der Waals surface area contributed by atoms with E-state index >= 15 is 0 Å². The number of thiazole rings is 1. The molecule has 2 aromatic rings. The number of amides is 2. The average Bonchev–Trinajstić information content (AvgIpc) is 2.93. The molecule has 2 heterocycles. The molecule has 4 nitrogen and oxygen atoms in total. The lowest BCUT2D eigenvalue weighted by Crippen LogP contribution is -2.31. The van der Waals surface area contributed by atoms with E-state index in [4.69, 9.17) is 0 Å². The third-order valence-corrected chi connectivity index (χ3v) is 4.09. The van der Waals surface area contributed by atoms with Crippen LogP contribution in [0.3, 0.4) is 0 Å². The summed E-state index contributed by atoms with van der Waals surface area (Å²) in [4.78, 5) is 31.0. The zero-order valence-corrected chi connectivity index (χ0v) is 11.2. The normalized spacial score (nSPS) is 14.1. The molecule has 2 amide bonds. The van der Waals surface area contributed by atoms with Crippen molar-refractivity contribution in [3.05, 3.63) is 51.5 Å². The minimum atomic E-state index is -0.200. The van der Waals surface area contributed by atoms with E-state index in [1.54, 1.807) is 41.1 Å². The molecule has 3 rings (SSSR count). The average molecular weight is 272 g/mol.